The Balaban J connectivity index is 1.89. The maximum absolute atomic E-state index is 12.8. The number of anilines is 1. The van der Waals surface area contributed by atoms with E-state index >= 15 is 0 Å². The second-order valence-corrected chi connectivity index (χ2v) is 6.91. The van der Waals surface area contributed by atoms with Gasteiger partial charge in [-0.3, -0.25) is 9.59 Å². The van der Waals surface area contributed by atoms with Crippen LogP contribution in [0.15, 0.2) is 53.4 Å². The lowest BCUT2D eigenvalue weighted by Crippen LogP contribution is -2.32. The number of aromatic carboxylic acids is 1. The normalized spacial score (nSPS) is 17.2. The molecule has 5 nitrogen and oxygen atoms in total. The van der Waals surface area contributed by atoms with Crippen LogP contribution in [0, 0.1) is 0 Å². The van der Waals surface area contributed by atoms with E-state index in [2.05, 4.69) is 0 Å². The second kappa shape index (κ2) is 7.11. The number of carboxylic acids is 1. The quantitative estimate of drug-likeness (QED) is 0.833. The molecule has 3 rings (SSSR count). The lowest BCUT2D eigenvalue weighted by atomic mass is 10.1. The maximum atomic E-state index is 12.8. The Labute approximate surface area is 149 Å². The molecule has 6 heteroatoms. The summed E-state index contributed by atoms with van der Waals surface area (Å²) >= 11 is 1.14. The van der Waals surface area contributed by atoms with E-state index in [1.165, 1.54) is 11.0 Å². The minimum atomic E-state index is -1.05. The number of carbonyl (C=O) groups excluding carboxylic acids is 2. The molecule has 0 saturated carbocycles. The third-order valence-corrected chi connectivity index (χ3v) is 5.37. The van der Waals surface area contributed by atoms with Gasteiger partial charge in [0.1, 0.15) is 0 Å². The topological polar surface area (TPSA) is 74.7 Å². The van der Waals surface area contributed by atoms with E-state index < -0.39 is 11.2 Å². The Morgan fingerprint density at radius 1 is 1.16 bits per heavy atom. The van der Waals surface area contributed by atoms with Crippen molar-refractivity contribution in [3.63, 3.8) is 0 Å². The number of amides is 2. The van der Waals surface area contributed by atoms with Crippen LogP contribution >= 0.6 is 11.8 Å². The zero-order valence-electron chi connectivity index (χ0n) is 13.6. The monoisotopic (exact) mass is 355 g/mol. The van der Waals surface area contributed by atoms with Crippen molar-refractivity contribution in [1.29, 1.82) is 0 Å². The van der Waals surface area contributed by atoms with Gasteiger partial charge in [0, 0.05) is 11.3 Å². The molecular formula is C19H17NO4S. The number of carboxylic acid groups (broad SMARTS) is 1. The average molecular weight is 355 g/mol. The number of carbonyl (C=O) groups is 3. The first-order valence-corrected chi connectivity index (χ1v) is 8.84. The SMILES string of the molecule is CCc1ccccc1N1C(=O)CC(Sc2ccccc2C(=O)O)C1=O. The summed E-state index contributed by atoms with van der Waals surface area (Å²) < 4.78 is 0. The Morgan fingerprint density at radius 3 is 2.56 bits per heavy atom. The van der Waals surface area contributed by atoms with Gasteiger partial charge < -0.3 is 5.11 Å². The highest BCUT2D eigenvalue weighted by Gasteiger charge is 2.41. The van der Waals surface area contributed by atoms with E-state index in [1.807, 2.05) is 19.1 Å². The number of benzene rings is 2. The molecule has 1 heterocycles. The van der Waals surface area contributed by atoms with E-state index in [-0.39, 0.29) is 23.8 Å². The third-order valence-electron chi connectivity index (χ3n) is 4.11. The summed E-state index contributed by atoms with van der Waals surface area (Å²) in [5.41, 5.74) is 1.69. The van der Waals surface area contributed by atoms with Crippen LogP contribution in [0.4, 0.5) is 5.69 Å². The van der Waals surface area contributed by atoms with Crippen molar-refractivity contribution in [3.8, 4) is 0 Å². The molecule has 2 aromatic carbocycles. The molecule has 2 amide bonds. The summed E-state index contributed by atoms with van der Waals surface area (Å²) in [6.07, 6.45) is 0.780. The molecule has 2 aromatic rings. The van der Waals surface area contributed by atoms with Crippen LogP contribution in [0.25, 0.3) is 0 Å². The Hall–Kier alpha value is -2.60. The van der Waals surface area contributed by atoms with E-state index in [0.29, 0.717) is 17.0 Å². The van der Waals surface area contributed by atoms with Gasteiger partial charge in [-0.1, -0.05) is 37.3 Å². The van der Waals surface area contributed by atoms with E-state index in [1.54, 1.807) is 30.3 Å². The van der Waals surface area contributed by atoms with E-state index in [4.69, 9.17) is 0 Å². The van der Waals surface area contributed by atoms with E-state index in [0.717, 1.165) is 17.3 Å². The number of rotatable bonds is 5. The van der Waals surface area contributed by atoms with Crippen LogP contribution in [0.2, 0.25) is 0 Å². The van der Waals surface area contributed by atoms with Crippen molar-refractivity contribution in [2.75, 3.05) is 4.90 Å². The lowest BCUT2D eigenvalue weighted by molar-refractivity contribution is -0.121. The zero-order valence-corrected chi connectivity index (χ0v) is 14.5. The van der Waals surface area contributed by atoms with Crippen molar-refractivity contribution in [3.05, 3.63) is 59.7 Å². The van der Waals surface area contributed by atoms with Crippen LogP contribution in [-0.4, -0.2) is 28.1 Å². The van der Waals surface area contributed by atoms with Gasteiger partial charge in [0.15, 0.2) is 0 Å². The molecule has 0 aromatic heterocycles. The number of thioether (sulfide) groups is 1. The summed E-state index contributed by atoms with van der Waals surface area (Å²) in [6.45, 7) is 1.97. The predicted octanol–water partition coefficient (Wildman–Crippen LogP) is 3.37. The summed E-state index contributed by atoms with van der Waals surface area (Å²) in [4.78, 5) is 38.3. The van der Waals surface area contributed by atoms with Crippen LogP contribution in [0.1, 0.15) is 29.3 Å². The van der Waals surface area contributed by atoms with Crippen LogP contribution in [0.5, 0.6) is 0 Å². The van der Waals surface area contributed by atoms with Crippen molar-refractivity contribution < 1.29 is 19.5 Å². The zero-order chi connectivity index (χ0) is 18.0. The fourth-order valence-corrected chi connectivity index (χ4v) is 4.05. The number of hydrogen-bond donors (Lipinski definition) is 1. The number of nitrogens with zero attached hydrogens (tertiary/aromatic N) is 1. The molecule has 1 fully saturated rings. The first kappa shape index (κ1) is 17.2. The van der Waals surface area contributed by atoms with Gasteiger partial charge >= 0.3 is 5.97 Å². The minimum Gasteiger partial charge on any atom is -0.478 e. The fourth-order valence-electron chi connectivity index (χ4n) is 2.88. The van der Waals surface area contributed by atoms with Crippen LogP contribution in [0.3, 0.4) is 0 Å². The summed E-state index contributed by atoms with van der Waals surface area (Å²) in [5.74, 6) is -1.60. The van der Waals surface area contributed by atoms with Gasteiger partial charge in [0.25, 0.3) is 0 Å². The van der Waals surface area contributed by atoms with Gasteiger partial charge in [0.2, 0.25) is 11.8 Å². The lowest BCUT2D eigenvalue weighted by Gasteiger charge is -2.18. The summed E-state index contributed by atoms with van der Waals surface area (Å²) in [5, 5.41) is 8.67. The van der Waals surface area contributed by atoms with Gasteiger partial charge in [-0.25, -0.2) is 9.69 Å². The Morgan fingerprint density at radius 2 is 1.84 bits per heavy atom. The first-order valence-electron chi connectivity index (χ1n) is 7.96. The summed E-state index contributed by atoms with van der Waals surface area (Å²) in [6, 6.07) is 13.9. The standard InChI is InChI=1S/C19H17NO4S/c1-2-12-7-3-5-9-14(12)20-17(21)11-16(18(20)22)25-15-10-6-4-8-13(15)19(23)24/h3-10,16H,2,11H2,1H3,(H,23,24). The fraction of sp³-hybridized carbons (Fsp3) is 0.211. The number of aryl methyl sites for hydroxylation is 1. The molecule has 1 aliphatic rings. The molecule has 0 radical (unpaired) electrons. The molecule has 128 valence electrons. The van der Waals surface area contributed by atoms with Gasteiger partial charge in [-0.05, 0) is 30.2 Å². The van der Waals surface area contributed by atoms with E-state index in [9.17, 15) is 19.5 Å². The molecule has 0 spiro atoms. The van der Waals surface area contributed by atoms with Gasteiger partial charge in [0.05, 0.1) is 16.5 Å². The molecule has 1 unspecified atom stereocenters. The smallest absolute Gasteiger partial charge is 0.336 e. The van der Waals surface area contributed by atoms with Crippen LogP contribution < -0.4 is 4.90 Å². The average Bonchev–Trinajstić information content (AvgIpc) is 2.88. The molecule has 1 aliphatic heterocycles. The summed E-state index contributed by atoms with van der Waals surface area (Å²) in [7, 11) is 0. The third kappa shape index (κ3) is 3.30. The highest BCUT2D eigenvalue weighted by atomic mass is 32.2. The molecule has 0 aliphatic carbocycles. The highest BCUT2D eigenvalue weighted by Crippen LogP contribution is 2.36. The minimum absolute atomic E-state index is 0.0650. The maximum Gasteiger partial charge on any atom is 0.336 e. The number of para-hydroxylation sites is 1. The van der Waals surface area contributed by atoms with Gasteiger partial charge in [-0.15, -0.1) is 11.8 Å². The molecule has 1 N–H and O–H groups in total. The van der Waals surface area contributed by atoms with Crippen molar-refractivity contribution >= 4 is 35.2 Å². The highest BCUT2D eigenvalue weighted by molar-refractivity contribution is 8.00. The van der Waals surface area contributed by atoms with Gasteiger partial charge in [-0.2, -0.15) is 0 Å². The molecule has 1 atom stereocenters. The predicted molar refractivity (Wildman–Crippen MR) is 96.0 cm³/mol. The molecule has 1 saturated heterocycles. The largest absolute Gasteiger partial charge is 0.478 e. The Bertz CT molecular complexity index is 849. The first-order chi connectivity index (χ1) is 12.0. The van der Waals surface area contributed by atoms with Crippen molar-refractivity contribution in [2.24, 2.45) is 0 Å². The second-order valence-electron chi connectivity index (χ2n) is 5.66. The number of imide groups is 1. The molecule has 25 heavy (non-hydrogen) atoms. The number of hydrogen-bond acceptors (Lipinski definition) is 4. The van der Waals surface area contributed by atoms with Crippen molar-refractivity contribution in [2.45, 2.75) is 29.9 Å². The molecular weight excluding hydrogens is 338 g/mol. The van der Waals surface area contributed by atoms with Crippen LogP contribution in [-0.2, 0) is 16.0 Å². The molecule has 0 bridgehead atoms. The van der Waals surface area contributed by atoms with Crippen molar-refractivity contribution in [1.82, 2.24) is 0 Å². The Kier molecular flexibility index (Phi) is 4.90.